The van der Waals surface area contributed by atoms with Gasteiger partial charge in [0, 0.05) is 26.3 Å². The van der Waals surface area contributed by atoms with E-state index < -0.39 is 11.8 Å². The lowest BCUT2D eigenvalue weighted by Crippen LogP contribution is -2.43. The number of hydrogen-bond acceptors (Lipinski definition) is 5. The average molecular weight is 384 g/mol. The first-order valence-electron chi connectivity index (χ1n) is 9.64. The van der Waals surface area contributed by atoms with Crippen molar-refractivity contribution in [2.75, 3.05) is 38.6 Å². The van der Waals surface area contributed by atoms with Crippen LogP contribution in [0.4, 0.5) is 5.69 Å². The molecule has 1 aromatic carbocycles. The maximum Gasteiger partial charge on any atom is 0.309 e. The zero-order chi connectivity index (χ0) is 19.9. The highest BCUT2D eigenvalue weighted by molar-refractivity contribution is 6.35. The van der Waals surface area contributed by atoms with Gasteiger partial charge in [-0.15, -0.1) is 0 Å². The van der Waals surface area contributed by atoms with Crippen LogP contribution in [-0.4, -0.2) is 50.4 Å². The van der Waals surface area contributed by atoms with Gasteiger partial charge in [-0.3, -0.25) is 14.5 Å². The lowest BCUT2D eigenvalue weighted by Gasteiger charge is -2.28. The van der Waals surface area contributed by atoms with E-state index in [9.17, 15) is 9.59 Å². The lowest BCUT2D eigenvalue weighted by molar-refractivity contribution is -0.139. The van der Waals surface area contributed by atoms with E-state index in [1.54, 1.807) is 12.1 Å². The number of carbonyl (C=O) groups excluding carboxylic acids is 2. The Labute approximate surface area is 165 Å². The molecule has 1 aliphatic rings. The Balaban J connectivity index is 1.59. The van der Waals surface area contributed by atoms with E-state index in [-0.39, 0.29) is 12.6 Å². The van der Waals surface area contributed by atoms with Gasteiger partial charge in [-0.05, 0) is 55.8 Å². The molecule has 3 rings (SSSR count). The van der Waals surface area contributed by atoms with E-state index in [0.29, 0.717) is 12.3 Å². The Morgan fingerprint density at radius 1 is 1.07 bits per heavy atom. The largest absolute Gasteiger partial charge is 0.467 e. The summed E-state index contributed by atoms with van der Waals surface area (Å²) in [5.41, 5.74) is 2.27. The molecule has 2 aromatic rings. The van der Waals surface area contributed by atoms with Crippen LogP contribution in [0.2, 0.25) is 0 Å². The first-order chi connectivity index (χ1) is 13.5. The van der Waals surface area contributed by atoms with Gasteiger partial charge in [0.15, 0.2) is 0 Å². The molecule has 1 unspecified atom stereocenters. The molecule has 0 radical (unpaired) electrons. The molecule has 0 bridgehead atoms. The van der Waals surface area contributed by atoms with Crippen LogP contribution in [0.3, 0.4) is 0 Å². The van der Waals surface area contributed by atoms with Crippen LogP contribution < -0.4 is 15.5 Å². The van der Waals surface area contributed by atoms with Gasteiger partial charge in [-0.1, -0.05) is 12.1 Å². The zero-order valence-corrected chi connectivity index (χ0v) is 16.5. The number of amides is 2. The molecule has 28 heavy (non-hydrogen) atoms. The molecular weight excluding hydrogens is 356 g/mol. The fourth-order valence-electron chi connectivity index (χ4n) is 3.44. The van der Waals surface area contributed by atoms with Crippen LogP contribution in [-0.2, 0) is 16.1 Å². The molecule has 0 aliphatic carbocycles. The number of nitrogens with one attached hydrogen (secondary N) is 2. The Hall–Kier alpha value is -2.80. The SMILES string of the molecule is CN(C)c1ccc(C(CNC(=O)C(=O)NCc2ccco2)N2CCCC2)cc1. The first-order valence-corrected chi connectivity index (χ1v) is 9.64. The third-order valence-electron chi connectivity index (χ3n) is 5.04. The number of nitrogens with zero attached hydrogens (tertiary/aromatic N) is 2. The lowest BCUT2D eigenvalue weighted by atomic mass is 10.0. The van der Waals surface area contributed by atoms with Crippen molar-refractivity contribution in [3.8, 4) is 0 Å². The van der Waals surface area contributed by atoms with Crippen LogP contribution in [0, 0.1) is 0 Å². The number of likely N-dealkylation sites (tertiary alicyclic amines) is 1. The van der Waals surface area contributed by atoms with Crippen molar-refractivity contribution in [3.05, 3.63) is 54.0 Å². The zero-order valence-electron chi connectivity index (χ0n) is 16.5. The second-order valence-corrected chi connectivity index (χ2v) is 7.22. The van der Waals surface area contributed by atoms with E-state index in [1.807, 2.05) is 14.1 Å². The number of hydrogen-bond donors (Lipinski definition) is 2. The van der Waals surface area contributed by atoms with E-state index in [4.69, 9.17) is 4.42 Å². The molecule has 1 aliphatic heterocycles. The van der Waals surface area contributed by atoms with Crippen LogP contribution in [0.1, 0.15) is 30.2 Å². The van der Waals surface area contributed by atoms with Crippen LogP contribution >= 0.6 is 0 Å². The summed E-state index contributed by atoms with van der Waals surface area (Å²) in [6, 6.07) is 11.9. The van der Waals surface area contributed by atoms with Crippen molar-refractivity contribution in [2.24, 2.45) is 0 Å². The molecule has 1 aromatic heterocycles. The molecule has 2 heterocycles. The van der Waals surface area contributed by atoms with Crippen LogP contribution in [0.25, 0.3) is 0 Å². The van der Waals surface area contributed by atoms with Gasteiger partial charge in [-0.25, -0.2) is 0 Å². The van der Waals surface area contributed by atoms with Gasteiger partial charge in [0.25, 0.3) is 0 Å². The second-order valence-electron chi connectivity index (χ2n) is 7.22. The molecule has 0 spiro atoms. The van der Waals surface area contributed by atoms with E-state index >= 15 is 0 Å². The Bertz CT molecular complexity index is 765. The highest BCUT2D eigenvalue weighted by Crippen LogP contribution is 2.26. The molecule has 7 nitrogen and oxygen atoms in total. The van der Waals surface area contributed by atoms with Crippen molar-refractivity contribution < 1.29 is 14.0 Å². The number of anilines is 1. The second kappa shape index (κ2) is 9.41. The average Bonchev–Trinajstić information content (AvgIpc) is 3.40. The normalized spacial score (nSPS) is 15.2. The van der Waals surface area contributed by atoms with Crippen LogP contribution in [0.5, 0.6) is 0 Å². The third-order valence-corrected chi connectivity index (χ3v) is 5.04. The predicted molar refractivity (Wildman–Crippen MR) is 108 cm³/mol. The van der Waals surface area contributed by atoms with Crippen molar-refractivity contribution >= 4 is 17.5 Å². The van der Waals surface area contributed by atoms with E-state index in [2.05, 4.69) is 44.7 Å². The van der Waals surface area contributed by atoms with Gasteiger partial charge < -0.3 is 20.0 Å². The molecule has 1 fully saturated rings. The maximum absolute atomic E-state index is 12.2. The van der Waals surface area contributed by atoms with Crippen molar-refractivity contribution in [1.82, 2.24) is 15.5 Å². The Morgan fingerprint density at radius 2 is 1.75 bits per heavy atom. The van der Waals surface area contributed by atoms with Crippen molar-refractivity contribution in [2.45, 2.75) is 25.4 Å². The highest BCUT2D eigenvalue weighted by atomic mass is 16.3. The van der Waals surface area contributed by atoms with Crippen molar-refractivity contribution in [3.63, 3.8) is 0 Å². The fourth-order valence-corrected chi connectivity index (χ4v) is 3.44. The molecule has 7 heteroatoms. The smallest absolute Gasteiger partial charge is 0.309 e. The quantitative estimate of drug-likeness (QED) is 0.713. The fraction of sp³-hybridized carbons (Fsp3) is 0.429. The minimum atomic E-state index is -0.653. The number of carbonyl (C=O) groups is 2. The minimum Gasteiger partial charge on any atom is -0.467 e. The maximum atomic E-state index is 12.2. The van der Waals surface area contributed by atoms with Gasteiger partial charge in [0.05, 0.1) is 18.8 Å². The Morgan fingerprint density at radius 3 is 2.36 bits per heavy atom. The van der Waals surface area contributed by atoms with E-state index in [1.165, 1.54) is 6.26 Å². The molecule has 1 saturated heterocycles. The predicted octanol–water partition coefficient (Wildman–Crippen LogP) is 1.92. The summed E-state index contributed by atoms with van der Waals surface area (Å²) in [5.74, 6) is -0.669. The number of rotatable bonds is 7. The molecular formula is C21H28N4O3. The molecule has 1 atom stereocenters. The highest BCUT2D eigenvalue weighted by Gasteiger charge is 2.25. The number of furan rings is 1. The monoisotopic (exact) mass is 384 g/mol. The summed E-state index contributed by atoms with van der Waals surface area (Å²) in [6.45, 7) is 2.59. The van der Waals surface area contributed by atoms with E-state index in [0.717, 1.165) is 37.2 Å². The molecule has 2 amide bonds. The van der Waals surface area contributed by atoms with Crippen LogP contribution in [0.15, 0.2) is 47.1 Å². The van der Waals surface area contributed by atoms with Gasteiger partial charge in [-0.2, -0.15) is 0 Å². The Kier molecular flexibility index (Phi) is 6.71. The minimum absolute atomic E-state index is 0.0561. The molecule has 2 N–H and O–H groups in total. The summed E-state index contributed by atoms with van der Waals surface area (Å²) < 4.78 is 5.16. The molecule has 150 valence electrons. The summed E-state index contributed by atoms with van der Waals surface area (Å²) in [5, 5.41) is 5.37. The van der Waals surface area contributed by atoms with Crippen molar-refractivity contribution in [1.29, 1.82) is 0 Å². The summed E-state index contributed by atoms with van der Waals surface area (Å²) in [7, 11) is 4.02. The summed E-state index contributed by atoms with van der Waals surface area (Å²) in [6.07, 6.45) is 3.84. The summed E-state index contributed by atoms with van der Waals surface area (Å²) >= 11 is 0. The molecule has 0 saturated carbocycles. The standard InChI is InChI=1S/C21H28N4O3/c1-24(2)17-9-7-16(8-10-17)19(25-11-3-4-12-25)15-23-21(27)20(26)22-14-18-6-5-13-28-18/h5-10,13,19H,3-4,11-12,14-15H2,1-2H3,(H,22,26)(H,23,27). The van der Waals surface area contributed by atoms with Gasteiger partial charge >= 0.3 is 11.8 Å². The third kappa shape index (κ3) is 5.13. The number of benzene rings is 1. The van der Waals surface area contributed by atoms with Gasteiger partial charge in [0.2, 0.25) is 0 Å². The van der Waals surface area contributed by atoms with Gasteiger partial charge in [0.1, 0.15) is 5.76 Å². The first kappa shape index (κ1) is 19.9. The summed E-state index contributed by atoms with van der Waals surface area (Å²) in [4.78, 5) is 28.7. The topological polar surface area (TPSA) is 77.8 Å².